The van der Waals surface area contributed by atoms with Gasteiger partial charge in [-0.05, 0) is 60.5 Å². The summed E-state index contributed by atoms with van der Waals surface area (Å²) < 4.78 is 33.7. The molecule has 0 heterocycles. The van der Waals surface area contributed by atoms with Crippen molar-refractivity contribution in [2.24, 2.45) is 5.10 Å². The summed E-state index contributed by atoms with van der Waals surface area (Å²) in [4.78, 5) is 12.0. The Morgan fingerprint density at radius 1 is 1.07 bits per heavy atom. The van der Waals surface area contributed by atoms with E-state index in [1.165, 1.54) is 12.1 Å². The molecule has 27 heavy (non-hydrogen) atoms. The zero-order valence-corrected chi connectivity index (χ0v) is 15.0. The van der Waals surface area contributed by atoms with Crippen molar-refractivity contribution in [3.8, 4) is 11.5 Å². The molecule has 0 aromatic heterocycles. The Kier molecular flexibility index (Phi) is 7.54. The fourth-order valence-electron chi connectivity index (χ4n) is 2.24. The van der Waals surface area contributed by atoms with Crippen LogP contribution in [0.25, 0.3) is 0 Å². The molecule has 0 atom stereocenters. The van der Waals surface area contributed by atoms with E-state index in [0.29, 0.717) is 17.7 Å². The monoisotopic (exact) mass is 377 g/mol. The molecule has 2 rings (SSSR count). The van der Waals surface area contributed by atoms with Crippen LogP contribution in [-0.2, 0) is 4.79 Å². The third-order valence-corrected chi connectivity index (χ3v) is 3.61. The van der Waals surface area contributed by atoms with Gasteiger partial charge in [0.25, 0.3) is 5.91 Å². The molecule has 0 aliphatic carbocycles. The van der Waals surface area contributed by atoms with Gasteiger partial charge < -0.3 is 14.8 Å². The SMILES string of the molecule is CC/C(=N\NC(=O)CNc1ccc(OC)cc1)c1ccc(OC(F)F)cc1. The zero-order valence-electron chi connectivity index (χ0n) is 15.0. The number of carbonyl (C=O) groups excluding carboxylic acids is 1. The number of alkyl halides is 2. The number of rotatable bonds is 9. The number of halogens is 2. The van der Waals surface area contributed by atoms with Gasteiger partial charge in [0, 0.05) is 5.69 Å². The first-order valence-electron chi connectivity index (χ1n) is 8.30. The van der Waals surface area contributed by atoms with Crippen molar-refractivity contribution in [3.63, 3.8) is 0 Å². The highest BCUT2D eigenvalue weighted by Crippen LogP contribution is 2.16. The Morgan fingerprint density at radius 3 is 2.26 bits per heavy atom. The van der Waals surface area contributed by atoms with Crippen molar-refractivity contribution >= 4 is 17.3 Å². The molecule has 0 radical (unpaired) electrons. The van der Waals surface area contributed by atoms with Crippen molar-refractivity contribution in [2.75, 3.05) is 19.0 Å². The lowest BCUT2D eigenvalue weighted by Crippen LogP contribution is -2.27. The van der Waals surface area contributed by atoms with E-state index >= 15 is 0 Å². The summed E-state index contributed by atoms with van der Waals surface area (Å²) in [5, 5.41) is 7.09. The first-order chi connectivity index (χ1) is 13.0. The molecule has 2 aromatic rings. The molecule has 1 amide bonds. The number of nitrogens with zero attached hydrogens (tertiary/aromatic N) is 1. The molecule has 2 N–H and O–H groups in total. The maximum Gasteiger partial charge on any atom is 0.387 e. The highest BCUT2D eigenvalue weighted by Gasteiger charge is 2.07. The molecular weight excluding hydrogens is 356 g/mol. The number of hydrazone groups is 1. The van der Waals surface area contributed by atoms with Crippen molar-refractivity contribution in [2.45, 2.75) is 20.0 Å². The van der Waals surface area contributed by atoms with Gasteiger partial charge in [-0.15, -0.1) is 0 Å². The number of methoxy groups -OCH3 is 1. The average molecular weight is 377 g/mol. The first kappa shape index (κ1) is 20.2. The zero-order chi connectivity index (χ0) is 19.6. The van der Waals surface area contributed by atoms with E-state index in [9.17, 15) is 13.6 Å². The summed E-state index contributed by atoms with van der Waals surface area (Å²) in [5.74, 6) is 0.485. The fraction of sp³-hybridized carbons (Fsp3) is 0.263. The van der Waals surface area contributed by atoms with Crippen LogP contribution in [0.5, 0.6) is 11.5 Å². The average Bonchev–Trinajstić information content (AvgIpc) is 2.68. The Bertz CT molecular complexity index is 763. The largest absolute Gasteiger partial charge is 0.497 e. The predicted molar refractivity (Wildman–Crippen MR) is 99.5 cm³/mol. The van der Waals surface area contributed by atoms with Gasteiger partial charge in [0.1, 0.15) is 11.5 Å². The van der Waals surface area contributed by atoms with Crippen molar-refractivity contribution in [3.05, 3.63) is 54.1 Å². The lowest BCUT2D eigenvalue weighted by molar-refractivity contribution is -0.119. The van der Waals surface area contributed by atoms with Crippen LogP contribution >= 0.6 is 0 Å². The summed E-state index contributed by atoms with van der Waals surface area (Å²) in [6.07, 6.45) is 0.557. The number of amides is 1. The van der Waals surface area contributed by atoms with Gasteiger partial charge in [-0.1, -0.05) is 6.92 Å². The Morgan fingerprint density at radius 2 is 1.70 bits per heavy atom. The Balaban J connectivity index is 1.90. The molecule has 0 fully saturated rings. The van der Waals surface area contributed by atoms with Crippen LogP contribution in [0.4, 0.5) is 14.5 Å². The minimum atomic E-state index is -2.87. The minimum absolute atomic E-state index is 0.0496. The van der Waals surface area contributed by atoms with E-state index in [1.54, 1.807) is 43.5 Å². The van der Waals surface area contributed by atoms with E-state index in [1.807, 2.05) is 6.92 Å². The maximum atomic E-state index is 12.2. The van der Waals surface area contributed by atoms with Crippen LogP contribution in [0, 0.1) is 0 Å². The lowest BCUT2D eigenvalue weighted by atomic mass is 10.1. The summed E-state index contributed by atoms with van der Waals surface area (Å²) in [7, 11) is 1.58. The molecule has 0 unspecified atom stereocenters. The third-order valence-electron chi connectivity index (χ3n) is 3.61. The van der Waals surface area contributed by atoms with Crippen LogP contribution in [0.15, 0.2) is 53.6 Å². The highest BCUT2D eigenvalue weighted by molar-refractivity contribution is 6.01. The number of nitrogens with one attached hydrogen (secondary N) is 2. The summed E-state index contributed by atoms with van der Waals surface area (Å²) in [5.41, 5.74) is 4.59. The second-order valence-corrected chi connectivity index (χ2v) is 5.43. The topological polar surface area (TPSA) is 72.0 Å². The number of carbonyl (C=O) groups is 1. The fourth-order valence-corrected chi connectivity index (χ4v) is 2.24. The van der Waals surface area contributed by atoms with Crippen LogP contribution in [0.3, 0.4) is 0 Å². The van der Waals surface area contributed by atoms with Crippen LogP contribution in [-0.4, -0.2) is 31.9 Å². The second-order valence-electron chi connectivity index (χ2n) is 5.43. The summed E-state index contributed by atoms with van der Waals surface area (Å²) in [6, 6.07) is 13.3. The first-order valence-corrected chi connectivity index (χ1v) is 8.30. The molecule has 2 aromatic carbocycles. The summed E-state index contributed by atoms with van der Waals surface area (Å²) >= 11 is 0. The highest BCUT2D eigenvalue weighted by atomic mass is 19.3. The minimum Gasteiger partial charge on any atom is -0.497 e. The van der Waals surface area contributed by atoms with E-state index in [2.05, 4.69) is 20.6 Å². The van der Waals surface area contributed by atoms with Crippen LogP contribution < -0.4 is 20.2 Å². The van der Waals surface area contributed by atoms with Gasteiger partial charge >= 0.3 is 6.61 Å². The molecule has 8 heteroatoms. The third kappa shape index (κ3) is 6.58. The van der Waals surface area contributed by atoms with Gasteiger partial charge in [-0.25, -0.2) is 5.43 Å². The molecule has 0 aliphatic rings. The smallest absolute Gasteiger partial charge is 0.387 e. The molecule has 144 valence electrons. The molecule has 0 spiro atoms. The number of ether oxygens (including phenoxy) is 2. The molecule has 6 nitrogen and oxygen atoms in total. The van der Waals surface area contributed by atoms with Crippen molar-refractivity contribution < 1.29 is 23.0 Å². The molecular formula is C19H21F2N3O3. The number of benzene rings is 2. The Labute approximate surface area is 156 Å². The molecule has 0 saturated carbocycles. The van der Waals surface area contributed by atoms with Gasteiger partial charge in [0.15, 0.2) is 0 Å². The van der Waals surface area contributed by atoms with Gasteiger partial charge in [-0.3, -0.25) is 4.79 Å². The van der Waals surface area contributed by atoms with E-state index in [4.69, 9.17) is 4.74 Å². The van der Waals surface area contributed by atoms with E-state index < -0.39 is 6.61 Å². The molecule has 0 aliphatic heterocycles. The van der Waals surface area contributed by atoms with Gasteiger partial charge in [0.2, 0.25) is 0 Å². The van der Waals surface area contributed by atoms with E-state index in [-0.39, 0.29) is 18.2 Å². The number of anilines is 1. The Hall–Kier alpha value is -3.16. The second kappa shape index (κ2) is 10.1. The van der Waals surface area contributed by atoms with Gasteiger partial charge in [-0.2, -0.15) is 13.9 Å². The van der Waals surface area contributed by atoms with Crippen LogP contribution in [0.2, 0.25) is 0 Å². The van der Waals surface area contributed by atoms with Crippen molar-refractivity contribution in [1.29, 1.82) is 0 Å². The normalized spacial score (nSPS) is 11.2. The summed E-state index contributed by atoms with van der Waals surface area (Å²) in [6.45, 7) is -0.939. The molecule has 0 bridgehead atoms. The van der Waals surface area contributed by atoms with E-state index in [0.717, 1.165) is 11.4 Å². The number of hydrogen-bond acceptors (Lipinski definition) is 5. The lowest BCUT2D eigenvalue weighted by Gasteiger charge is -2.09. The quantitative estimate of drug-likeness (QED) is 0.517. The predicted octanol–water partition coefficient (Wildman–Crippen LogP) is 3.64. The molecule has 0 saturated heterocycles. The maximum absolute atomic E-state index is 12.2. The van der Waals surface area contributed by atoms with Crippen molar-refractivity contribution in [1.82, 2.24) is 5.43 Å². The number of hydrogen-bond donors (Lipinski definition) is 2. The van der Waals surface area contributed by atoms with Gasteiger partial charge in [0.05, 0.1) is 19.4 Å². The standard InChI is InChI=1S/C19H21F2N3O3/c1-3-17(13-4-8-16(9-5-13)27-19(20)21)23-24-18(25)12-22-14-6-10-15(26-2)11-7-14/h4-11,19,22H,3,12H2,1-2H3,(H,24,25)/b23-17+. The van der Waals surface area contributed by atoms with Crippen LogP contribution in [0.1, 0.15) is 18.9 Å².